The quantitative estimate of drug-likeness (QED) is 0.587. The van der Waals surface area contributed by atoms with Crippen LogP contribution in [0.4, 0.5) is 4.39 Å². The first-order valence-electron chi connectivity index (χ1n) is 8.83. The van der Waals surface area contributed by atoms with E-state index in [1.165, 1.54) is 0 Å². The molecule has 0 amide bonds. The molecular weight excluding hydrogens is 331 g/mol. The molecule has 0 spiro atoms. The van der Waals surface area contributed by atoms with Gasteiger partial charge < -0.3 is 15.5 Å². The maximum Gasteiger partial charge on any atom is 0.191 e. The lowest BCUT2D eigenvalue weighted by atomic mass is 10.1. The number of hydrogen-bond donors (Lipinski definition) is 2. The second-order valence-corrected chi connectivity index (χ2v) is 6.59. The number of nitrogens with zero attached hydrogens (tertiary/aromatic N) is 4. The minimum absolute atomic E-state index is 0.171. The van der Waals surface area contributed by atoms with Gasteiger partial charge in [0.2, 0.25) is 0 Å². The molecular formula is C19H29FN6. The third-order valence-corrected chi connectivity index (χ3v) is 4.20. The Kier molecular flexibility index (Phi) is 7.15. The summed E-state index contributed by atoms with van der Waals surface area (Å²) in [5, 5.41) is 10.9. The number of hydrogen-bond acceptors (Lipinski definition) is 3. The molecule has 2 aromatic rings. The molecule has 0 fully saturated rings. The van der Waals surface area contributed by atoms with E-state index in [2.05, 4.69) is 25.6 Å². The van der Waals surface area contributed by atoms with Crippen molar-refractivity contribution in [2.24, 2.45) is 12.0 Å². The SMILES string of the molecule is CCNC(=NCc1ccc(C)c(F)c1)NCC(c1cnn(C)c1)N(C)C. The molecule has 26 heavy (non-hydrogen) atoms. The van der Waals surface area contributed by atoms with Crippen molar-refractivity contribution in [3.8, 4) is 0 Å². The molecule has 2 N–H and O–H groups in total. The summed E-state index contributed by atoms with van der Waals surface area (Å²) >= 11 is 0. The summed E-state index contributed by atoms with van der Waals surface area (Å²) in [4.78, 5) is 6.71. The topological polar surface area (TPSA) is 57.5 Å². The maximum atomic E-state index is 13.7. The van der Waals surface area contributed by atoms with E-state index in [9.17, 15) is 4.39 Å². The van der Waals surface area contributed by atoms with Gasteiger partial charge in [0.25, 0.3) is 0 Å². The van der Waals surface area contributed by atoms with Crippen molar-refractivity contribution >= 4 is 5.96 Å². The summed E-state index contributed by atoms with van der Waals surface area (Å²) < 4.78 is 15.5. The zero-order chi connectivity index (χ0) is 19.1. The highest BCUT2D eigenvalue weighted by Crippen LogP contribution is 2.16. The van der Waals surface area contributed by atoms with Crippen molar-refractivity contribution in [1.82, 2.24) is 25.3 Å². The van der Waals surface area contributed by atoms with Crippen molar-refractivity contribution in [2.45, 2.75) is 26.4 Å². The van der Waals surface area contributed by atoms with E-state index >= 15 is 0 Å². The van der Waals surface area contributed by atoms with E-state index < -0.39 is 0 Å². The second kappa shape index (κ2) is 9.33. The molecule has 0 saturated carbocycles. The fourth-order valence-electron chi connectivity index (χ4n) is 2.65. The molecule has 1 aromatic heterocycles. The Balaban J connectivity index is 2.04. The first kappa shape index (κ1) is 19.9. The van der Waals surface area contributed by atoms with Gasteiger partial charge in [-0.3, -0.25) is 4.68 Å². The largest absolute Gasteiger partial charge is 0.357 e. The molecule has 142 valence electrons. The highest BCUT2D eigenvalue weighted by Gasteiger charge is 2.16. The van der Waals surface area contributed by atoms with E-state index in [4.69, 9.17) is 0 Å². The predicted molar refractivity (Wildman–Crippen MR) is 104 cm³/mol. The van der Waals surface area contributed by atoms with Crippen LogP contribution in [0.15, 0.2) is 35.6 Å². The third kappa shape index (κ3) is 5.56. The van der Waals surface area contributed by atoms with Gasteiger partial charge in [-0.2, -0.15) is 5.10 Å². The zero-order valence-electron chi connectivity index (χ0n) is 16.3. The van der Waals surface area contributed by atoms with E-state index in [0.29, 0.717) is 24.6 Å². The van der Waals surface area contributed by atoms with E-state index in [-0.39, 0.29) is 11.9 Å². The number of likely N-dealkylation sites (N-methyl/N-ethyl adjacent to an activating group) is 1. The van der Waals surface area contributed by atoms with Crippen LogP contribution in [0.3, 0.4) is 0 Å². The fourth-order valence-corrected chi connectivity index (χ4v) is 2.65. The molecule has 2 rings (SSSR count). The summed E-state index contributed by atoms with van der Waals surface area (Å²) in [6.45, 7) is 5.65. The molecule has 6 nitrogen and oxygen atoms in total. The molecule has 0 radical (unpaired) electrons. The normalized spacial score (nSPS) is 13.1. The van der Waals surface area contributed by atoms with Crippen LogP contribution in [0.1, 0.15) is 29.7 Å². The Morgan fingerprint density at radius 1 is 1.35 bits per heavy atom. The Hall–Kier alpha value is -2.41. The van der Waals surface area contributed by atoms with Crippen molar-refractivity contribution in [2.75, 3.05) is 27.2 Å². The number of nitrogens with one attached hydrogen (secondary N) is 2. The molecule has 7 heteroatoms. The van der Waals surface area contributed by atoms with Gasteiger partial charge in [0.1, 0.15) is 5.82 Å². The Labute approximate surface area is 155 Å². The Bertz CT molecular complexity index is 737. The van der Waals surface area contributed by atoms with Gasteiger partial charge in [-0.15, -0.1) is 0 Å². The molecule has 1 heterocycles. The average molecular weight is 360 g/mol. The first-order valence-corrected chi connectivity index (χ1v) is 8.83. The van der Waals surface area contributed by atoms with Gasteiger partial charge >= 0.3 is 0 Å². The molecule has 1 aromatic carbocycles. The van der Waals surface area contributed by atoms with Gasteiger partial charge in [-0.25, -0.2) is 9.38 Å². The first-order chi connectivity index (χ1) is 12.4. The van der Waals surface area contributed by atoms with Crippen LogP contribution in [-0.2, 0) is 13.6 Å². The lowest BCUT2D eigenvalue weighted by Gasteiger charge is -2.24. The Morgan fingerprint density at radius 2 is 2.12 bits per heavy atom. The van der Waals surface area contributed by atoms with Crippen molar-refractivity contribution in [1.29, 1.82) is 0 Å². The summed E-state index contributed by atoms with van der Waals surface area (Å²) in [6.07, 6.45) is 3.90. The number of aliphatic imine (C=N–C) groups is 1. The fraction of sp³-hybridized carbons (Fsp3) is 0.474. The number of benzene rings is 1. The van der Waals surface area contributed by atoms with Gasteiger partial charge in [-0.1, -0.05) is 12.1 Å². The van der Waals surface area contributed by atoms with Crippen LogP contribution in [-0.4, -0.2) is 47.8 Å². The lowest BCUT2D eigenvalue weighted by molar-refractivity contribution is 0.298. The molecule has 0 aliphatic rings. The highest BCUT2D eigenvalue weighted by molar-refractivity contribution is 5.79. The zero-order valence-corrected chi connectivity index (χ0v) is 16.3. The number of aryl methyl sites for hydroxylation is 2. The second-order valence-electron chi connectivity index (χ2n) is 6.59. The minimum atomic E-state index is -0.195. The van der Waals surface area contributed by atoms with Crippen molar-refractivity contribution in [3.63, 3.8) is 0 Å². The van der Waals surface area contributed by atoms with Crippen molar-refractivity contribution in [3.05, 3.63) is 53.1 Å². The number of guanidine groups is 1. The monoisotopic (exact) mass is 360 g/mol. The summed E-state index contributed by atoms with van der Waals surface area (Å²) in [5.74, 6) is 0.518. The van der Waals surface area contributed by atoms with Crippen LogP contribution in [0, 0.1) is 12.7 Å². The number of rotatable bonds is 7. The minimum Gasteiger partial charge on any atom is -0.357 e. The van der Waals surface area contributed by atoms with Gasteiger partial charge in [0, 0.05) is 31.9 Å². The lowest BCUT2D eigenvalue weighted by Crippen LogP contribution is -2.41. The van der Waals surface area contributed by atoms with E-state index in [1.807, 2.05) is 46.5 Å². The van der Waals surface area contributed by atoms with Crippen LogP contribution in [0.25, 0.3) is 0 Å². The van der Waals surface area contributed by atoms with E-state index in [0.717, 1.165) is 17.7 Å². The number of halogens is 1. The standard InChI is InChI=1S/C19H29FN6/c1-6-21-19(22-10-15-8-7-14(2)17(20)9-15)23-12-18(25(3)4)16-11-24-26(5)13-16/h7-9,11,13,18H,6,10,12H2,1-5H3,(H2,21,22,23). The van der Waals surface area contributed by atoms with Gasteiger partial charge in [0.05, 0.1) is 18.8 Å². The van der Waals surface area contributed by atoms with E-state index in [1.54, 1.807) is 23.7 Å². The summed E-state index contributed by atoms with van der Waals surface area (Å²) in [6, 6.07) is 5.40. The molecule has 0 aliphatic carbocycles. The molecule has 0 saturated heterocycles. The van der Waals surface area contributed by atoms with Gasteiger partial charge in [0.15, 0.2) is 5.96 Å². The highest BCUT2D eigenvalue weighted by atomic mass is 19.1. The smallest absolute Gasteiger partial charge is 0.191 e. The van der Waals surface area contributed by atoms with Crippen LogP contribution >= 0.6 is 0 Å². The van der Waals surface area contributed by atoms with Crippen molar-refractivity contribution < 1.29 is 4.39 Å². The third-order valence-electron chi connectivity index (χ3n) is 4.20. The van der Waals surface area contributed by atoms with Crippen LogP contribution in [0.2, 0.25) is 0 Å². The average Bonchev–Trinajstić information content (AvgIpc) is 3.01. The molecule has 0 bridgehead atoms. The molecule has 0 aliphatic heterocycles. The van der Waals surface area contributed by atoms with Crippen LogP contribution < -0.4 is 10.6 Å². The predicted octanol–water partition coefficient (Wildman–Crippen LogP) is 2.23. The summed E-state index contributed by atoms with van der Waals surface area (Å²) in [7, 11) is 5.99. The maximum absolute atomic E-state index is 13.7. The van der Waals surface area contributed by atoms with Gasteiger partial charge in [-0.05, 0) is 45.1 Å². The summed E-state index contributed by atoms with van der Waals surface area (Å²) in [5.41, 5.74) is 2.64. The molecule has 1 unspecified atom stereocenters. The number of aromatic nitrogens is 2. The Morgan fingerprint density at radius 3 is 2.69 bits per heavy atom. The molecule has 1 atom stereocenters. The van der Waals surface area contributed by atoms with Crippen LogP contribution in [0.5, 0.6) is 0 Å².